The van der Waals surface area contributed by atoms with Crippen LogP contribution in [0.4, 0.5) is 5.69 Å². The van der Waals surface area contributed by atoms with Crippen LogP contribution in [0.15, 0.2) is 24.3 Å². The van der Waals surface area contributed by atoms with Gasteiger partial charge >= 0.3 is 0 Å². The summed E-state index contributed by atoms with van der Waals surface area (Å²) in [6.07, 6.45) is 0.226. The van der Waals surface area contributed by atoms with Gasteiger partial charge in [-0.2, -0.15) is 0 Å². The molecule has 0 amide bonds. The first-order valence-electron chi connectivity index (χ1n) is 6.85. The van der Waals surface area contributed by atoms with Crippen molar-refractivity contribution in [2.75, 3.05) is 6.54 Å². The van der Waals surface area contributed by atoms with Gasteiger partial charge in [0.25, 0.3) is 5.69 Å². The van der Waals surface area contributed by atoms with Crippen LogP contribution in [0.5, 0.6) is 0 Å². The number of nitro groups is 1. The molecular formula is C15H24N2O3. The SMILES string of the molecule is CC(NCC(O)CC(C)(C)C)c1ccccc1[N+](=O)[O-]. The van der Waals surface area contributed by atoms with Crippen LogP contribution in [0.25, 0.3) is 0 Å². The fourth-order valence-corrected chi connectivity index (χ4v) is 2.22. The third-order valence-electron chi connectivity index (χ3n) is 3.11. The Morgan fingerprint density at radius 2 is 1.95 bits per heavy atom. The van der Waals surface area contributed by atoms with E-state index in [4.69, 9.17) is 0 Å². The van der Waals surface area contributed by atoms with Crippen molar-refractivity contribution in [3.8, 4) is 0 Å². The third-order valence-corrected chi connectivity index (χ3v) is 3.11. The van der Waals surface area contributed by atoms with Crippen molar-refractivity contribution in [3.05, 3.63) is 39.9 Å². The highest BCUT2D eigenvalue weighted by Crippen LogP contribution is 2.25. The van der Waals surface area contributed by atoms with Crippen LogP contribution >= 0.6 is 0 Å². The van der Waals surface area contributed by atoms with Gasteiger partial charge in [-0.25, -0.2) is 0 Å². The van der Waals surface area contributed by atoms with Gasteiger partial charge in [-0.1, -0.05) is 39.0 Å². The van der Waals surface area contributed by atoms with E-state index in [1.807, 2.05) is 6.92 Å². The summed E-state index contributed by atoms with van der Waals surface area (Å²) in [6.45, 7) is 8.50. The maximum Gasteiger partial charge on any atom is 0.274 e. The van der Waals surface area contributed by atoms with E-state index in [2.05, 4.69) is 26.1 Å². The molecule has 2 atom stereocenters. The molecule has 0 heterocycles. The van der Waals surface area contributed by atoms with E-state index in [1.54, 1.807) is 18.2 Å². The van der Waals surface area contributed by atoms with Crippen molar-refractivity contribution < 1.29 is 10.0 Å². The Morgan fingerprint density at radius 3 is 2.50 bits per heavy atom. The number of hydrogen-bond donors (Lipinski definition) is 2. The molecule has 1 aromatic carbocycles. The lowest BCUT2D eigenvalue weighted by molar-refractivity contribution is -0.385. The number of hydrogen-bond acceptors (Lipinski definition) is 4. The molecule has 5 nitrogen and oxygen atoms in total. The summed E-state index contributed by atoms with van der Waals surface area (Å²) >= 11 is 0. The van der Waals surface area contributed by atoms with E-state index in [1.165, 1.54) is 6.07 Å². The van der Waals surface area contributed by atoms with Crippen molar-refractivity contribution in [2.24, 2.45) is 5.41 Å². The summed E-state index contributed by atoms with van der Waals surface area (Å²) in [5.74, 6) is 0. The second-order valence-corrected chi connectivity index (χ2v) is 6.36. The van der Waals surface area contributed by atoms with E-state index < -0.39 is 6.10 Å². The highest BCUT2D eigenvalue weighted by Gasteiger charge is 2.20. The minimum Gasteiger partial charge on any atom is -0.392 e. The topological polar surface area (TPSA) is 75.4 Å². The predicted octanol–water partition coefficient (Wildman–Crippen LogP) is 3.04. The standard InChI is InChI=1S/C15H24N2O3/c1-11(16-10-12(18)9-15(2,3)4)13-7-5-6-8-14(13)17(19)20/h5-8,11-12,16,18H,9-10H2,1-4H3. The number of aliphatic hydroxyl groups is 1. The van der Waals surface area contributed by atoms with Crippen LogP contribution in [0.1, 0.15) is 45.7 Å². The Bertz CT molecular complexity index is 455. The molecule has 0 saturated heterocycles. The average Bonchev–Trinajstić information content (AvgIpc) is 2.33. The molecule has 1 aromatic rings. The van der Waals surface area contributed by atoms with E-state index in [-0.39, 0.29) is 22.1 Å². The Kier molecular flexibility index (Phi) is 5.65. The van der Waals surface area contributed by atoms with Crippen molar-refractivity contribution in [1.82, 2.24) is 5.32 Å². The molecule has 112 valence electrons. The molecule has 0 aliphatic carbocycles. The zero-order valence-corrected chi connectivity index (χ0v) is 12.6. The van der Waals surface area contributed by atoms with Crippen LogP contribution < -0.4 is 5.32 Å². The fraction of sp³-hybridized carbons (Fsp3) is 0.600. The lowest BCUT2D eigenvalue weighted by Crippen LogP contribution is -2.32. The minimum atomic E-state index is -0.458. The van der Waals surface area contributed by atoms with Gasteiger partial charge in [0, 0.05) is 24.2 Å². The van der Waals surface area contributed by atoms with Crippen molar-refractivity contribution >= 4 is 5.69 Å². The number of nitro benzene ring substituents is 1. The number of rotatable bonds is 6. The molecule has 0 aliphatic heterocycles. The molecule has 0 aliphatic rings. The molecular weight excluding hydrogens is 256 g/mol. The molecule has 2 unspecified atom stereocenters. The highest BCUT2D eigenvalue weighted by atomic mass is 16.6. The molecule has 2 N–H and O–H groups in total. The lowest BCUT2D eigenvalue weighted by atomic mass is 9.89. The number of nitrogens with one attached hydrogen (secondary N) is 1. The summed E-state index contributed by atoms with van der Waals surface area (Å²) in [6, 6.07) is 6.51. The summed E-state index contributed by atoms with van der Waals surface area (Å²) in [5, 5.41) is 24.1. The molecule has 5 heteroatoms. The second kappa shape index (κ2) is 6.81. The highest BCUT2D eigenvalue weighted by molar-refractivity contribution is 5.41. The Balaban J connectivity index is 2.64. The number of aliphatic hydroxyl groups excluding tert-OH is 1. The Hall–Kier alpha value is -1.46. The van der Waals surface area contributed by atoms with Crippen LogP contribution in [0, 0.1) is 15.5 Å². The Morgan fingerprint density at radius 1 is 1.35 bits per heavy atom. The van der Waals surface area contributed by atoms with E-state index in [9.17, 15) is 15.2 Å². The molecule has 0 saturated carbocycles. The zero-order chi connectivity index (χ0) is 15.3. The summed E-state index contributed by atoms with van der Waals surface area (Å²) in [7, 11) is 0. The predicted molar refractivity (Wildman–Crippen MR) is 79.6 cm³/mol. The molecule has 0 spiro atoms. The first-order valence-corrected chi connectivity index (χ1v) is 6.85. The molecule has 1 rings (SSSR count). The normalized spacial score (nSPS) is 14.8. The summed E-state index contributed by atoms with van der Waals surface area (Å²) < 4.78 is 0. The third kappa shape index (κ3) is 5.27. The largest absolute Gasteiger partial charge is 0.392 e. The number of para-hydroxylation sites is 1. The molecule has 0 radical (unpaired) electrons. The summed E-state index contributed by atoms with van der Waals surface area (Å²) in [4.78, 5) is 10.6. The van der Waals surface area contributed by atoms with Gasteiger partial charge < -0.3 is 10.4 Å². The average molecular weight is 280 g/mol. The van der Waals surface area contributed by atoms with Gasteiger partial charge in [0.2, 0.25) is 0 Å². The van der Waals surface area contributed by atoms with E-state index in [0.29, 0.717) is 18.5 Å². The van der Waals surface area contributed by atoms with Crippen LogP contribution in [0.3, 0.4) is 0 Å². The van der Waals surface area contributed by atoms with Crippen LogP contribution in [-0.4, -0.2) is 22.7 Å². The van der Waals surface area contributed by atoms with Crippen molar-refractivity contribution in [3.63, 3.8) is 0 Å². The van der Waals surface area contributed by atoms with Crippen LogP contribution in [0.2, 0.25) is 0 Å². The maximum absolute atomic E-state index is 11.0. The molecule has 0 bridgehead atoms. The van der Waals surface area contributed by atoms with Gasteiger partial charge in [-0.3, -0.25) is 10.1 Å². The van der Waals surface area contributed by atoms with Crippen molar-refractivity contribution in [1.29, 1.82) is 0 Å². The number of benzene rings is 1. The Labute approximate surface area is 120 Å². The second-order valence-electron chi connectivity index (χ2n) is 6.36. The van der Waals surface area contributed by atoms with Gasteiger partial charge in [0.1, 0.15) is 0 Å². The number of nitrogens with zero attached hydrogens (tertiary/aromatic N) is 1. The van der Waals surface area contributed by atoms with Gasteiger partial charge in [-0.15, -0.1) is 0 Å². The molecule has 20 heavy (non-hydrogen) atoms. The van der Waals surface area contributed by atoms with Gasteiger partial charge in [0.15, 0.2) is 0 Å². The minimum absolute atomic E-state index is 0.0586. The molecule has 0 fully saturated rings. The smallest absolute Gasteiger partial charge is 0.274 e. The quantitative estimate of drug-likeness (QED) is 0.620. The van der Waals surface area contributed by atoms with Crippen molar-refractivity contribution in [2.45, 2.75) is 46.3 Å². The maximum atomic E-state index is 11.0. The lowest BCUT2D eigenvalue weighted by Gasteiger charge is -2.24. The first kappa shape index (κ1) is 16.6. The van der Waals surface area contributed by atoms with E-state index in [0.717, 1.165) is 0 Å². The first-order chi connectivity index (χ1) is 9.20. The molecule has 0 aromatic heterocycles. The zero-order valence-electron chi connectivity index (χ0n) is 12.6. The fourth-order valence-electron chi connectivity index (χ4n) is 2.22. The van der Waals surface area contributed by atoms with Crippen LogP contribution in [-0.2, 0) is 0 Å². The van der Waals surface area contributed by atoms with Gasteiger partial charge in [0.05, 0.1) is 11.0 Å². The van der Waals surface area contributed by atoms with Gasteiger partial charge in [-0.05, 0) is 18.8 Å². The van der Waals surface area contributed by atoms with E-state index >= 15 is 0 Å². The summed E-state index contributed by atoms with van der Waals surface area (Å²) in [5.41, 5.74) is 0.807. The monoisotopic (exact) mass is 280 g/mol.